The highest BCUT2D eigenvalue weighted by atomic mass is 16.5. The van der Waals surface area contributed by atoms with Crippen molar-refractivity contribution < 1.29 is 4.74 Å². The second kappa shape index (κ2) is 5.34. The fourth-order valence-corrected chi connectivity index (χ4v) is 2.24. The van der Waals surface area contributed by atoms with Gasteiger partial charge in [-0.2, -0.15) is 5.10 Å². The second-order valence-corrected chi connectivity index (χ2v) is 4.88. The van der Waals surface area contributed by atoms with Crippen molar-refractivity contribution in [1.29, 1.82) is 0 Å². The van der Waals surface area contributed by atoms with E-state index in [2.05, 4.69) is 18.1 Å². The van der Waals surface area contributed by atoms with Gasteiger partial charge in [-0.05, 0) is 49.6 Å². The highest BCUT2D eigenvalue weighted by molar-refractivity contribution is 5.52. The minimum absolute atomic E-state index is 0.523. The van der Waals surface area contributed by atoms with Crippen molar-refractivity contribution in [2.75, 3.05) is 5.73 Å². The van der Waals surface area contributed by atoms with Crippen LogP contribution in [0.1, 0.15) is 29.4 Å². The molecule has 1 aromatic heterocycles. The van der Waals surface area contributed by atoms with E-state index in [-0.39, 0.29) is 0 Å². The van der Waals surface area contributed by atoms with Gasteiger partial charge in [-0.15, -0.1) is 0 Å². The third-order valence-electron chi connectivity index (χ3n) is 3.24. The molecule has 0 radical (unpaired) electrons. The summed E-state index contributed by atoms with van der Waals surface area (Å²) in [6, 6.07) is 5.95. The fourth-order valence-electron chi connectivity index (χ4n) is 2.24. The zero-order chi connectivity index (χ0) is 14.0. The van der Waals surface area contributed by atoms with Crippen molar-refractivity contribution in [3.05, 3.63) is 40.7 Å². The molecule has 102 valence electrons. The standard InChI is InChI=1S/C15H21N3O/c1-5-13-8-14(18(4)17-13)9-19-15-10(2)6-12(16)7-11(15)3/h6-8H,5,9,16H2,1-4H3. The van der Waals surface area contributed by atoms with E-state index in [0.717, 1.165) is 40.4 Å². The maximum atomic E-state index is 5.93. The number of nitrogens with zero attached hydrogens (tertiary/aromatic N) is 2. The summed E-state index contributed by atoms with van der Waals surface area (Å²) in [4.78, 5) is 0. The molecule has 0 spiro atoms. The maximum Gasteiger partial charge on any atom is 0.130 e. The monoisotopic (exact) mass is 259 g/mol. The molecule has 1 aromatic carbocycles. The normalized spacial score (nSPS) is 10.7. The number of rotatable bonds is 4. The van der Waals surface area contributed by atoms with E-state index in [0.29, 0.717) is 6.61 Å². The van der Waals surface area contributed by atoms with Crippen LogP contribution in [0.15, 0.2) is 18.2 Å². The predicted molar refractivity (Wildman–Crippen MR) is 77.2 cm³/mol. The summed E-state index contributed by atoms with van der Waals surface area (Å²) in [7, 11) is 1.94. The van der Waals surface area contributed by atoms with Gasteiger partial charge < -0.3 is 10.5 Å². The molecule has 0 fully saturated rings. The molecule has 1 heterocycles. The quantitative estimate of drug-likeness (QED) is 0.859. The topological polar surface area (TPSA) is 53.1 Å². The minimum atomic E-state index is 0.523. The lowest BCUT2D eigenvalue weighted by Crippen LogP contribution is -2.05. The van der Waals surface area contributed by atoms with Crippen molar-refractivity contribution in [3.63, 3.8) is 0 Å². The van der Waals surface area contributed by atoms with Crippen LogP contribution in [0.4, 0.5) is 5.69 Å². The van der Waals surface area contributed by atoms with E-state index < -0.39 is 0 Å². The van der Waals surface area contributed by atoms with Crippen LogP contribution >= 0.6 is 0 Å². The number of hydrogen-bond acceptors (Lipinski definition) is 3. The van der Waals surface area contributed by atoms with Gasteiger partial charge in [0.25, 0.3) is 0 Å². The van der Waals surface area contributed by atoms with E-state index in [1.807, 2.05) is 37.7 Å². The van der Waals surface area contributed by atoms with Gasteiger partial charge in [0.1, 0.15) is 12.4 Å². The highest BCUT2D eigenvalue weighted by Gasteiger charge is 2.08. The van der Waals surface area contributed by atoms with Crippen LogP contribution in [0.5, 0.6) is 5.75 Å². The first-order valence-corrected chi connectivity index (χ1v) is 6.52. The summed E-state index contributed by atoms with van der Waals surface area (Å²) in [5.41, 5.74) is 10.9. The number of benzene rings is 1. The van der Waals surface area contributed by atoms with Crippen LogP contribution in [0.3, 0.4) is 0 Å². The molecular formula is C15H21N3O. The summed E-state index contributed by atoms with van der Waals surface area (Å²) in [6.07, 6.45) is 0.938. The molecule has 4 heteroatoms. The van der Waals surface area contributed by atoms with Gasteiger partial charge in [0.05, 0.1) is 11.4 Å². The molecule has 2 N–H and O–H groups in total. The van der Waals surface area contributed by atoms with Gasteiger partial charge in [0.15, 0.2) is 0 Å². The maximum absolute atomic E-state index is 5.93. The van der Waals surface area contributed by atoms with Gasteiger partial charge in [0, 0.05) is 12.7 Å². The SMILES string of the molecule is CCc1cc(COc2c(C)cc(N)cc2C)n(C)n1. The summed E-state index contributed by atoms with van der Waals surface area (Å²) in [5, 5.41) is 4.42. The van der Waals surface area contributed by atoms with Crippen LogP contribution < -0.4 is 10.5 Å². The second-order valence-electron chi connectivity index (χ2n) is 4.88. The largest absolute Gasteiger partial charge is 0.487 e. The molecule has 0 unspecified atom stereocenters. The Balaban J connectivity index is 2.16. The van der Waals surface area contributed by atoms with Crippen molar-refractivity contribution >= 4 is 5.69 Å². The molecule has 0 atom stereocenters. The number of hydrogen-bond donors (Lipinski definition) is 1. The lowest BCUT2D eigenvalue weighted by molar-refractivity contribution is 0.291. The van der Waals surface area contributed by atoms with E-state index in [9.17, 15) is 0 Å². The van der Waals surface area contributed by atoms with Crippen LogP contribution in [0, 0.1) is 13.8 Å². The van der Waals surface area contributed by atoms with Crippen molar-refractivity contribution in [2.24, 2.45) is 7.05 Å². The molecule has 0 amide bonds. The Morgan fingerprint density at radius 2 is 1.84 bits per heavy atom. The van der Waals surface area contributed by atoms with Crippen LogP contribution in [0.2, 0.25) is 0 Å². The third kappa shape index (κ3) is 2.89. The molecule has 0 saturated heterocycles. The summed E-state index contributed by atoms with van der Waals surface area (Å²) >= 11 is 0. The zero-order valence-corrected chi connectivity index (χ0v) is 12.0. The number of aryl methyl sites for hydroxylation is 4. The van der Waals surface area contributed by atoms with E-state index in [1.165, 1.54) is 0 Å². The van der Waals surface area contributed by atoms with E-state index in [4.69, 9.17) is 10.5 Å². The third-order valence-corrected chi connectivity index (χ3v) is 3.24. The molecule has 0 bridgehead atoms. The first kappa shape index (κ1) is 13.5. The number of aromatic nitrogens is 2. The molecule has 0 aliphatic rings. The van der Waals surface area contributed by atoms with Gasteiger partial charge in [-0.1, -0.05) is 6.92 Å². The molecule has 0 saturated carbocycles. The smallest absolute Gasteiger partial charge is 0.130 e. The van der Waals surface area contributed by atoms with Gasteiger partial charge in [0.2, 0.25) is 0 Å². The lowest BCUT2D eigenvalue weighted by Gasteiger charge is -2.13. The van der Waals surface area contributed by atoms with Crippen LogP contribution in [-0.2, 0) is 20.1 Å². The van der Waals surface area contributed by atoms with Gasteiger partial charge >= 0.3 is 0 Å². The number of ether oxygens (including phenoxy) is 1. The van der Waals surface area contributed by atoms with Crippen LogP contribution in [0.25, 0.3) is 0 Å². The Morgan fingerprint density at radius 3 is 2.37 bits per heavy atom. The zero-order valence-electron chi connectivity index (χ0n) is 12.0. The molecular weight excluding hydrogens is 238 g/mol. The molecule has 2 aromatic rings. The van der Waals surface area contributed by atoms with Crippen molar-refractivity contribution in [3.8, 4) is 5.75 Å². The number of anilines is 1. The van der Waals surface area contributed by atoms with E-state index >= 15 is 0 Å². The first-order valence-electron chi connectivity index (χ1n) is 6.52. The summed E-state index contributed by atoms with van der Waals surface area (Å²) in [6.45, 7) is 6.65. The Labute approximate surface area is 114 Å². The Kier molecular flexibility index (Phi) is 3.79. The average molecular weight is 259 g/mol. The molecule has 19 heavy (non-hydrogen) atoms. The molecule has 2 rings (SSSR count). The molecule has 4 nitrogen and oxygen atoms in total. The lowest BCUT2D eigenvalue weighted by atomic mass is 10.1. The highest BCUT2D eigenvalue weighted by Crippen LogP contribution is 2.26. The molecule has 0 aliphatic heterocycles. The molecule has 0 aliphatic carbocycles. The Hall–Kier alpha value is -1.97. The summed E-state index contributed by atoms with van der Waals surface area (Å²) in [5.74, 6) is 0.911. The minimum Gasteiger partial charge on any atom is -0.487 e. The van der Waals surface area contributed by atoms with Crippen molar-refractivity contribution in [2.45, 2.75) is 33.8 Å². The number of nitrogens with two attached hydrogens (primary N) is 1. The van der Waals surface area contributed by atoms with Gasteiger partial charge in [-0.25, -0.2) is 0 Å². The first-order chi connectivity index (χ1) is 9.01. The van der Waals surface area contributed by atoms with E-state index in [1.54, 1.807) is 0 Å². The summed E-state index contributed by atoms with van der Waals surface area (Å²) < 4.78 is 7.81. The average Bonchev–Trinajstić information content (AvgIpc) is 2.69. The Morgan fingerprint density at radius 1 is 1.21 bits per heavy atom. The fraction of sp³-hybridized carbons (Fsp3) is 0.400. The number of nitrogen functional groups attached to an aromatic ring is 1. The van der Waals surface area contributed by atoms with Crippen molar-refractivity contribution in [1.82, 2.24) is 9.78 Å². The van der Waals surface area contributed by atoms with Gasteiger partial charge in [-0.3, -0.25) is 4.68 Å². The van der Waals surface area contributed by atoms with Crippen LogP contribution in [-0.4, -0.2) is 9.78 Å². The predicted octanol–water partition coefficient (Wildman–Crippen LogP) is 2.76. The Bertz CT molecular complexity index is 564.